The molecule has 6 heteroatoms. The molecule has 2 fully saturated rings. The lowest BCUT2D eigenvalue weighted by atomic mass is 10.0. The SMILES string of the molecule is CN(OC(=O)c1ccccc1)c1cccc(N2CCC3(CC2)OCCO3)c1. The molecule has 0 atom stereocenters. The number of piperidine rings is 1. The number of rotatable bonds is 4. The van der Waals surface area contributed by atoms with Crippen molar-refractivity contribution in [3.05, 3.63) is 60.2 Å². The summed E-state index contributed by atoms with van der Waals surface area (Å²) in [6.07, 6.45) is 1.71. The van der Waals surface area contributed by atoms with E-state index in [0.29, 0.717) is 18.8 Å². The lowest BCUT2D eigenvalue weighted by Crippen LogP contribution is -2.45. The molecule has 2 aromatic carbocycles. The molecule has 4 rings (SSSR count). The van der Waals surface area contributed by atoms with Gasteiger partial charge < -0.3 is 19.2 Å². The fourth-order valence-electron chi connectivity index (χ4n) is 3.58. The molecule has 0 amide bonds. The molecule has 142 valence electrons. The monoisotopic (exact) mass is 368 g/mol. The molecule has 0 aromatic heterocycles. The lowest BCUT2D eigenvalue weighted by Gasteiger charge is -2.38. The third kappa shape index (κ3) is 3.91. The Labute approximate surface area is 159 Å². The molecule has 0 saturated carbocycles. The van der Waals surface area contributed by atoms with E-state index in [1.54, 1.807) is 19.2 Å². The molecule has 6 nitrogen and oxygen atoms in total. The topological polar surface area (TPSA) is 51.2 Å². The molecule has 0 bridgehead atoms. The van der Waals surface area contributed by atoms with E-state index in [2.05, 4.69) is 11.0 Å². The van der Waals surface area contributed by atoms with Gasteiger partial charge in [0.1, 0.15) is 0 Å². The first-order valence-corrected chi connectivity index (χ1v) is 9.29. The molecular formula is C21H24N2O4. The van der Waals surface area contributed by atoms with Crippen LogP contribution in [-0.4, -0.2) is 45.1 Å². The van der Waals surface area contributed by atoms with E-state index in [1.165, 1.54) is 5.06 Å². The molecule has 0 aliphatic carbocycles. The fourth-order valence-corrected chi connectivity index (χ4v) is 3.58. The van der Waals surface area contributed by atoms with Gasteiger partial charge in [-0.25, -0.2) is 9.86 Å². The van der Waals surface area contributed by atoms with Gasteiger partial charge in [0.2, 0.25) is 0 Å². The number of nitrogens with zero attached hydrogens (tertiary/aromatic N) is 2. The fraction of sp³-hybridized carbons (Fsp3) is 0.381. The summed E-state index contributed by atoms with van der Waals surface area (Å²) < 4.78 is 11.6. The second-order valence-electron chi connectivity index (χ2n) is 6.86. The Bertz CT molecular complexity index is 780. The maximum Gasteiger partial charge on any atom is 0.363 e. The number of carbonyl (C=O) groups excluding carboxylic acids is 1. The number of hydrogen-bond donors (Lipinski definition) is 0. The van der Waals surface area contributed by atoms with Crippen molar-refractivity contribution in [3.63, 3.8) is 0 Å². The summed E-state index contributed by atoms with van der Waals surface area (Å²) in [5, 5.41) is 1.51. The molecule has 2 aromatic rings. The first-order valence-electron chi connectivity index (χ1n) is 9.29. The number of hydrogen-bond acceptors (Lipinski definition) is 6. The molecule has 2 aliphatic rings. The molecule has 2 saturated heterocycles. The Kier molecular flexibility index (Phi) is 5.01. The van der Waals surface area contributed by atoms with Crippen LogP contribution in [0.5, 0.6) is 0 Å². The highest BCUT2D eigenvalue weighted by molar-refractivity contribution is 5.89. The van der Waals surface area contributed by atoms with E-state index in [1.807, 2.05) is 36.4 Å². The Morgan fingerprint density at radius 3 is 2.44 bits per heavy atom. The second-order valence-corrected chi connectivity index (χ2v) is 6.86. The van der Waals surface area contributed by atoms with Gasteiger partial charge in [-0.05, 0) is 30.3 Å². The molecule has 1 spiro atoms. The lowest BCUT2D eigenvalue weighted by molar-refractivity contribution is -0.169. The van der Waals surface area contributed by atoms with E-state index in [9.17, 15) is 4.79 Å². The van der Waals surface area contributed by atoms with E-state index >= 15 is 0 Å². The molecule has 2 heterocycles. The van der Waals surface area contributed by atoms with Crippen LogP contribution in [0.15, 0.2) is 54.6 Å². The van der Waals surface area contributed by atoms with Gasteiger partial charge in [-0.15, -0.1) is 0 Å². The third-order valence-electron chi connectivity index (χ3n) is 5.13. The number of anilines is 2. The average molecular weight is 368 g/mol. The minimum Gasteiger partial charge on any atom is -0.371 e. The summed E-state index contributed by atoms with van der Waals surface area (Å²) >= 11 is 0. The van der Waals surface area contributed by atoms with Crippen molar-refractivity contribution >= 4 is 17.3 Å². The number of ether oxygens (including phenoxy) is 2. The van der Waals surface area contributed by atoms with E-state index < -0.39 is 0 Å². The summed E-state index contributed by atoms with van der Waals surface area (Å²) in [4.78, 5) is 20.0. The summed E-state index contributed by atoms with van der Waals surface area (Å²) in [6, 6.07) is 17.0. The smallest absolute Gasteiger partial charge is 0.363 e. The summed E-state index contributed by atoms with van der Waals surface area (Å²) in [6.45, 7) is 3.12. The quantitative estimate of drug-likeness (QED) is 0.773. The molecule has 0 radical (unpaired) electrons. The molecule has 0 N–H and O–H groups in total. The van der Waals surface area contributed by atoms with Gasteiger partial charge in [-0.3, -0.25) is 0 Å². The van der Waals surface area contributed by atoms with Gasteiger partial charge in [-0.2, -0.15) is 0 Å². The normalized spacial score (nSPS) is 18.5. The minimum absolute atomic E-state index is 0.376. The predicted octanol–water partition coefficient (Wildman–Crippen LogP) is 3.24. The van der Waals surface area contributed by atoms with Gasteiger partial charge in [0, 0.05) is 38.7 Å². The van der Waals surface area contributed by atoms with Crippen molar-refractivity contribution in [3.8, 4) is 0 Å². The third-order valence-corrected chi connectivity index (χ3v) is 5.13. The first-order chi connectivity index (χ1) is 13.2. The summed E-state index contributed by atoms with van der Waals surface area (Å²) in [5.74, 6) is -0.755. The van der Waals surface area contributed by atoms with Gasteiger partial charge >= 0.3 is 5.97 Å². The van der Waals surface area contributed by atoms with Crippen LogP contribution in [0.4, 0.5) is 11.4 Å². The number of benzene rings is 2. The Hall–Kier alpha value is -2.57. The van der Waals surface area contributed by atoms with Crippen molar-refractivity contribution in [1.82, 2.24) is 0 Å². The Morgan fingerprint density at radius 1 is 1.04 bits per heavy atom. The van der Waals surface area contributed by atoms with Crippen LogP contribution in [0, 0.1) is 0 Å². The van der Waals surface area contributed by atoms with Crippen molar-refractivity contribution in [2.45, 2.75) is 18.6 Å². The van der Waals surface area contributed by atoms with Crippen LogP contribution in [0.25, 0.3) is 0 Å². The van der Waals surface area contributed by atoms with Crippen LogP contribution in [0.3, 0.4) is 0 Å². The van der Waals surface area contributed by atoms with Crippen molar-refractivity contribution in [2.75, 3.05) is 43.3 Å². The summed E-state index contributed by atoms with van der Waals surface area (Å²) in [5.41, 5.74) is 2.45. The highest BCUT2D eigenvalue weighted by atomic mass is 16.7. The van der Waals surface area contributed by atoms with Gasteiger partial charge in [0.05, 0.1) is 24.5 Å². The number of hydroxylamine groups is 1. The van der Waals surface area contributed by atoms with Crippen molar-refractivity contribution in [2.24, 2.45) is 0 Å². The zero-order valence-corrected chi connectivity index (χ0v) is 15.5. The van der Waals surface area contributed by atoms with Crippen LogP contribution in [0.1, 0.15) is 23.2 Å². The molecule has 2 aliphatic heterocycles. The van der Waals surface area contributed by atoms with Gasteiger partial charge in [0.15, 0.2) is 5.79 Å². The standard InChI is InChI=1S/C21H24N2O4/c1-22(27-20(24)17-6-3-2-4-7-17)18-8-5-9-19(16-18)23-12-10-21(11-13-23)25-14-15-26-21/h2-9,16H,10-15H2,1H3. The zero-order chi connectivity index (χ0) is 18.7. The van der Waals surface area contributed by atoms with Gasteiger partial charge in [-0.1, -0.05) is 24.3 Å². The highest BCUT2D eigenvalue weighted by Gasteiger charge is 2.39. The van der Waals surface area contributed by atoms with Crippen molar-refractivity contribution in [1.29, 1.82) is 0 Å². The van der Waals surface area contributed by atoms with Crippen LogP contribution < -0.4 is 9.96 Å². The maximum atomic E-state index is 12.3. The maximum absolute atomic E-state index is 12.3. The first kappa shape index (κ1) is 17.8. The van der Waals surface area contributed by atoms with Crippen LogP contribution in [-0.2, 0) is 14.3 Å². The van der Waals surface area contributed by atoms with E-state index in [-0.39, 0.29) is 11.8 Å². The minimum atomic E-state index is -0.379. The highest BCUT2D eigenvalue weighted by Crippen LogP contribution is 2.34. The van der Waals surface area contributed by atoms with Gasteiger partial charge in [0.25, 0.3) is 0 Å². The Morgan fingerprint density at radius 2 is 1.74 bits per heavy atom. The number of carbonyl (C=O) groups is 1. The average Bonchev–Trinajstić information content (AvgIpc) is 3.17. The van der Waals surface area contributed by atoms with Crippen LogP contribution >= 0.6 is 0 Å². The molecular weight excluding hydrogens is 344 g/mol. The predicted molar refractivity (Wildman–Crippen MR) is 103 cm³/mol. The molecule has 0 unspecified atom stereocenters. The van der Waals surface area contributed by atoms with Crippen LogP contribution in [0.2, 0.25) is 0 Å². The Balaban J connectivity index is 1.41. The van der Waals surface area contributed by atoms with E-state index in [0.717, 1.165) is 37.3 Å². The zero-order valence-electron chi connectivity index (χ0n) is 15.5. The molecule has 27 heavy (non-hydrogen) atoms. The summed E-state index contributed by atoms with van der Waals surface area (Å²) in [7, 11) is 1.74. The largest absolute Gasteiger partial charge is 0.371 e. The second kappa shape index (κ2) is 7.58. The van der Waals surface area contributed by atoms with Crippen molar-refractivity contribution < 1.29 is 19.1 Å². The van der Waals surface area contributed by atoms with E-state index in [4.69, 9.17) is 14.3 Å².